The van der Waals surface area contributed by atoms with Crippen molar-refractivity contribution < 1.29 is 24.2 Å². The molecule has 0 radical (unpaired) electrons. The molecule has 1 saturated heterocycles. The number of aliphatic hydroxyl groups is 1. The lowest BCUT2D eigenvalue weighted by molar-refractivity contribution is -0.156. The molecule has 7 heteroatoms. The number of benzene rings is 1. The van der Waals surface area contributed by atoms with Gasteiger partial charge in [0.05, 0.1) is 31.1 Å². The van der Waals surface area contributed by atoms with Crippen molar-refractivity contribution in [2.24, 2.45) is 23.7 Å². The summed E-state index contributed by atoms with van der Waals surface area (Å²) in [4.78, 5) is 42.9. The summed E-state index contributed by atoms with van der Waals surface area (Å²) in [5, 5.41) is 13.7. The second kappa shape index (κ2) is 12.7. The summed E-state index contributed by atoms with van der Waals surface area (Å²) in [6.07, 6.45) is 11.3. The van der Waals surface area contributed by atoms with E-state index < -0.39 is 29.8 Å². The molecule has 6 atom stereocenters. The molecule has 1 saturated carbocycles. The van der Waals surface area contributed by atoms with Gasteiger partial charge < -0.3 is 20.1 Å². The van der Waals surface area contributed by atoms with Gasteiger partial charge in [0.1, 0.15) is 6.04 Å². The third-order valence-corrected chi connectivity index (χ3v) is 8.37. The topological polar surface area (TPSA) is 95.9 Å². The Labute approximate surface area is 220 Å². The number of rotatable bonds is 10. The Kier molecular flexibility index (Phi) is 9.41. The van der Waals surface area contributed by atoms with Crippen LogP contribution in [0.3, 0.4) is 0 Å². The van der Waals surface area contributed by atoms with Gasteiger partial charge in [0.15, 0.2) is 0 Å². The van der Waals surface area contributed by atoms with Crippen LogP contribution < -0.4 is 5.32 Å². The quantitative estimate of drug-likeness (QED) is 0.370. The summed E-state index contributed by atoms with van der Waals surface area (Å²) in [5.74, 6) is -2.64. The molecule has 4 rings (SSSR count). The van der Waals surface area contributed by atoms with Crippen LogP contribution in [0.1, 0.15) is 64.4 Å². The molecule has 37 heavy (non-hydrogen) atoms. The number of amides is 2. The Bertz CT molecular complexity index is 958. The molecule has 2 N–H and O–H groups in total. The molecule has 0 spiro atoms. The highest BCUT2D eigenvalue weighted by Gasteiger charge is 2.59. The predicted octanol–water partition coefficient (Wildman–Crippen LogP) is 3.65. The Balaban J connectivity index is 1.70. The molecule has 2 aliphatic carbocycles. The largest absolute Gasteiger partial charge is 0.466 e. The molecule has 202 valence electrons. The van der Waals surface area contributed by atoms with Crippen molar-refractivity contribution in [3.8, 4) is 0 Å². The second-order valence-corrected chi connectivity index (χ2v) is 10.8. The molecular formula is C30H42N2O5. The van der Waals surface area contributed by atoms with Gasteiger partial charge in [-0.05, 0) is 44.1 Å². The summed E-state index contributed by atoms with van der Waals surface area (Å²) in [6, 6.07) is 8.47. The summed E-state index contributed by atoms with van der Waals surface area (Å²) < 4.78 is 5.46. The van der Waals surface area contributed by atoms with E-state index in [4.69, 9.17) is 4.74 Å². The first kappa shape index (κ1) is 27.4. The van der Waals surface area contributed by atoms with Crippen molar-refractivity contribution in [2.45, 2.75) is 83.3 Å². The van der Waals surface area contributed by atoms with Crippen LogP contribution in [0.25, 0.3) is 0 Å². The van der Waals surface area contributed by atoms with Crippen LogP contribution in [-0.2, 0) is 25.5 Å². The zero-order valence-electron chi connectivity index (χ0n) is 22.2. The van der Waals surface area contributed by atoms with Crippen molar-refractivity contribution in [3.05, 3.63) is 48.0 Å². The number of carbonyl (C=O) groups is 3. The van der Waals surface area contributed by atoms with Crippen LogP contribution >= 0.6 is 0 Å². The normalized spacial score (nSPS) is 28.6. The molecule has 2 fully saturated rings. The number of allylic oxidation sites excluding steroid dienone is 1. The van der Waals surface area contributed by atoms with Gasteiger partial charge in [-0.15, -0.1) is 0 Å². The van der Waals surface area contributed by atoms with Gasteiger partial charge in [-0.25, -0.2) is 0 Å². The maximum Gasteiger partial charge on any atom is 0.310 e. The molecule has 7 nitrogen and oxygen atoms in total. The summed E-state index contributed by atoms with van der Waals surface area (Å²) in [6.45, 7) is 3.81. The minimum atomic E-state index is -0.768. The van der Waals surface area contributed by atoms with Crippen LogP contribution in [0.15, 0.2) is 42.5 Å². The lowest BCUT2D eigenvalue weighted by Crippen LogP contribution is -2.54. The number of fused-ring (bicyclic) bond motifs is 1. The number of likely N-dealkylation sites (tertiary alicyclic amines) is 1. The maximum atomic E-state index is 14.2. The van der Waals surface area contributed by atoms with Crippen LogP contribution in [0.2, 0.25) is 0 Å². The van der Waals surface area contributed by atoms with Gasteiger partial charge in [0, 0.05) is 12.0 Å². The van der Waals surface area contributed by atoms with Gasteiger partial charge in [-0.1, -0.05) is 75.1 Å². The van der Waals surface area contributed by atoms with Crippen molar-refractivity contribution in [2.75, 3.05) is 13.2 Å². The van der Waals surface area contributed by atoms with Crippen LogP contribution in [0, 0.1) is 23.7 Å². The molecule has 1 aromatic rings. The Morgan fingerprint density at radius 2 is 1.84 bits per heavy atom. The lowest BCUT2D eigenvalue weighted by atomic mass is 9.68. The fourth-order valence-corrected chi connectivity index (χ4v) is 6.68. The average Bonchev–Trinajstić information content (AvgIpc) is 3.21. The number of nitrogens with zero attached hydrogens (tertiary/aromatic N) is 1. The van der Waals surface area contributed by atoms with Gasteiger partial charge in [0.2, 0.25) is 11.8 Å². The Hall–Kier alpha value is -2.67. The highest BCUT2D eigenvalue weighted by molar-refractivity contribution is 5.96. The van der Waals surface area contributed by atoms with Crippen LogP contribution in [0.4, 0.5) is 0 Å². The number of nitrogens with one attached hydrogen (secondary N) is 1. The van der Waals surface area contributed by atoms with Crippen molar-refractivity contribution >= 4 is 17.8 Å². The maximum absolute atomic E-state index is 14.2. The van der Waals surface area contributed by atoms with E-state index in [9.17, 15) is 19.5 Å². The van der Waals surface area contributed by atoms with E-state index >= 15 is 0 Å². The first-order valence-electron chi connectivity index (χ1n) is 14.1. The van der Waals surface area contributed by atoms with Crippen molar-refractivity contribution in [1.82, 2.24) is 10.2 Å². The van der Waals surface area contributed by atoms with E-state index in [0.717, 1.165) is 44.1 Å². The standard InChI is InChI=1S/C30H42N2O5/c1-3-11-21-16-17-24-26(25(21)30(36)37-4-2)29(35)32(23(19-33)18-20-12-7-5-8-13-20)27(24)28(34)31-22-14-9-6-10-15-22/h5,7-8,12-13,16-17,21-27,33H,3-4,6,9-11,14-15,18-19H2,1-2H3,(H,31,34)/t21-,23-,24+,25-,26-,27+/m1/s1. The van der Waals surface area contributed by atoms with Gasteiger partial charge >= 0.3 is 5.97 Å². The third-order valence-electron chi connectivity index (χ3n) is 8.37. The van der Waals surface area contributed by atoms with E-state index in [0.29, 0.717) is 6.42 Å². The number of hydrogen-bond acceptors (Lipinski definition) is 5. The second-order valence-electron chi connectivity index (χ2n) is 10.8. The summed E-state index contributed by atoms with van der Waals surface area (Å²) in [5.41, 5.74) is 0.983. The Morgan fingerprint density at radius 3 is 2.49 bits per heavy atom. The van der Waals surface area contributed by atoms with Gasteiger partial charge in [0.25, 0.3) is 0 Å². The molecule has 1 heterocycles. The highest BCUT2D eigenvalue weighted by Crippen LogP contribution is 2.46. The molecular weight excluding hydrogens is 468 g/mol. The minimum absolute atomic E-state index is 0.0974. The SMILES string of the molecule is CCC[C@@H]1C=C[C@H]2[C@@H](C(=O)N([C@@H](CO)Cc3ccccc3)[C@@H]2C(=O)NC2CCCCC2)[C@@H]1C(=O)OCC. The fourth-order valence-electron chi connectivity index (χ4n) is 6.68. The molecule has 0 bridgehead atoms. The van der Waals surface area contributed by atoms with E-state index in [2.05, 4.69) is 12.2 Å². The molecule has 0 unspecified atom stereocenters. The number of ether oxygens (including phenoxy) is 1. The van der Waals surface area contributed by atoms with Crippen molar-refractivity contribution in [3.63, 3.8) is 0 Å². The summed E-state index contributed by atoms with van der Waals surface area (Å²) >= 11 is 0. The highest BCUT2D eigenvalue weighted by atomic mass is 16.5. The lowest BCUT2D eigenvalue weighted by Gasteiger charge is -2.35. The number of carbonyl (C=O) groups excluding carboxylic acids is 3. The molecule has 2 amide bonds. The van der Waals surface area contributed by atoms with Crippen molar-refractivity contribution in [1.29, 1.82) is 0 Å². The monoisotopic (exact) mass is 510 g/mol. The predicted molar refractivity (Wildman–Crippen MR) is 141 cm³/mol. The number of hydrogen-bond donors (Lipinski definition) is 2. The van der Waals surface area contributed by atoms with Gasteiger partial charge in [-0.3, -0.25) is 14.4 Å². The van der Waals surface area contributed by atoms with Crippen LogP contribution in [0.5, 0.6) is 0 Å². The molecule has 0 aromatic heterocycles. The first-order valence-corrected chi connectivity index (χ1v) is 14.1. The number of aliphatic hydroxyl groups excluding tert-OH is 1. The molecule has 1 aromatic carbocycles. The zero-order valence-corrected chi connectivity index (χ0v) is 22.2. The number of esters is 1. The van der Waals surface area contributed by atoms with E-state index in [1.54, 1.807) is 11.8 Å². The summed E-state index contributed by atoms with van der Waals surface area (Å²) in [7, 11) is 0. The Morgan fingerprint density at radius 1 is 1.11 bits per heavy atom. The first-order chi connectivity index (χ1) is 18.0. The average molecular weight is 511 g/mol. The van der Waals surface area contributed by atoms with E-state index in [1.807, 2.05) is 42.5 Å². The molecule has 3 aliphatic rings. The van der Waals surface area contributed by atoms with E-state index in [-0.39, 0.29) is 43.0 Å². The van der Waals surface area contributed by atoms with Gasteiger partial charge in [-0.2, -0.15) is 0 Å². The molecule has 1 aliphatic heterocycles. The van der Waals surface area contributed by atoms with Crippen LogP contribution in [-0.4, -0.2) is 59.1 Å². The minimum Gasteiger partial charge on any atom is -0.466 e. The zero-order chi connectivity index (χ0) is 26.4. The fraction of sp³-hybridized carbons (Fsp3) is 0.633. The third kappa shape index (κ3) is 5.92. The smallest absolute Gasteiger partial charge is 0.310 e. The van der Waals surface area contributed by atoms with E-state index in [1.165, 1.54) is 6.42 Å².